The van der Waals surface area contributed by atoms with Crippen LogP contribution in [0.2, 0.25) is 0 Å². The normalized spacial score (nSPS) is 11.2. The zero-order valence-electron chi connectivity index (χ0n) is 11.1. The number of ether oxygens (including phenoxy) is 2. The van der Waals surface area contributed by atoms with Gasteiger partial charge >= 0.3 is 5.97 Å². The summed E-state index contributed by atoms with van der Waals surface area (Å²) in [6.45, 7) is 6.07. The predicted octanol–water partition coefficient (Wildman–Crippen LogP) is 3.46. The lowest BCUT2D eigenvalue weighted by molar-refractivity contribution is 0.0691. The summed E-state index contributed by atoms with van der Waals surface area (Å²) in [7, 11) is 2.94. The third-order valence-corrected chi connectivity index (χ3v) is 3.24. The Morgan fingerprint density at radius 2 is 1.72 bits per heavy atom. The van der Waals surface area contributed by atoms with Crippen LogP contribution >= 0.6 is 15.9 Å². The van der Waals surface area contributed by atoms with Crippen molar-refractivity contribution in [2.75, 3.05) is 14.2 Å². The van der Waals surface area contributed by atoms with Gasteiger partial charge in [0.15, 0.2) is 11.5 Å². The molecule has 1 aromatic rings. The maximum Gasteiger partial charge on any atom is 0.340 e. The minimum atomic E-state index is -1.06. The van der Waals surface area contributed by atoms with Gasteiger partial charge in [0.25, 0.3) is 0 Å². The van der Waals surface area contributed by atoms with Crippen LogP contribution in [0.3, 0.4) is 0 Å². The van der Waals surface area contributed by atoms with Gasteiger partial charge in [0, 0.05) is 10.0 Å². The van der Waals surface area contributed by atoms with Crippen LogP contribution in [0.1, 0.15) is 36.7 Å². The molecule has 0 bridgehead atoms. The first-order valence-corrected chi connectivity index (χ1v) is 6.21. The molecule has 0 aliphatic heterocycles. The first-order valence-electron chi connectivity index (χ1n) is 5.42. The number of benzene rings is 1. The van der Waals surface area contributed by atoms with E-state index >= 15 is 0 Å². The number of methoxy groups -OCH3 is 2. The van der Waals surface area contributed by atoms with E-state index in [-0.39, 0.29) is 16.7 Å². The van der Waals surface area contributed by atoms with Crippen LogP contribution in [0.4, 0.5) is 0 Å². The fourth-order valence-corrected chi connectivity index (χ4v) is 2.34. The average Bonchev–Trinajstić information content (AvgIpc) is 2.25. The maximum absolute atomic E-state index is 11.3. The second kappa shape index (κ2) is 5.18. The summed E-state index contributed by atoms with van der Waals surface area (Å²) in [6, 6.07) is 1.77. The zero-order chi connectivity index (χ0) is 14.1. The number of halogens is 1. The van der Waals surface area contributed by atoms with Crippen LogP contribution in [0.15, 0.2) is 10.5 Å². The summed E-state index contributed by atoms with van der Waals surface area (Å²) in [5, 5.41) is 9.23. The molecular formula is C13H17BrO4. The van der Waals surface area contributed by atoms with Gasteiger partial charge in [-0.2, -0.15) is 0 Å². The Bertz CT molecular complexity index is 475. The molecule has 0 amide bonds. The highest BCUT2D eigenvalue weighted by Gasteiger charge is 2.28. The van der Waals surface area contributed by atoms with E-state index in [1.54, 1.807) is 6.07 Å². The van der Waals surface area contributed by atoms with Gasteiger partial charge in [0.2, 0.25) is 0 Å². The highest BCUT2D eigenvalue weighted by atomic mass is 79.9. The standard InChI is InChI=1S/C13H17BrO4/c1-13(2,3)7-6-8(14)9(12(15)16)11(18-5)10(7)17-4/h6H,1-5H3,(H,15,16). The number of hydrogen-bond acceptors (Lipinski definition) is 3. The minimum Gasteiger partial charge on any atom is -0.493 e. The van der Waals surface area contributed by atoms with Gasteiger partial charge in [-0.3, -0.25) is 0 Å². The molecule has 100 valence electrons. The van der Waals surface area contributed by atoms with Gasteiger partial charge in [0.1, 0.15) is 5.56 Å². The number of rotatable bonds is 3. The van der Waals surface area contributed by atoms with Gasteiger partial charge in [-0.15, -0.1) is 0 Å². The molecule has 0 unspecified atom stereocenters. The largest absolute Gasteiger partial charge is 0.493 e. The van der Waals surface area contributed by atoms with E-state index in [4.69, 9.17) is 9.47 Å². The molecule has 0 spiro atoms. The molecule has 5 heteroatoms. The van der Waals surface area contributed by atoms with Crippen molar-refractivity contribution in [3.8, 4) is 11.5 Å². The third kappa shape index (κ3) is 2.61. The molecule has 0 radical (unpaired) electrons. The van der Waals surface area contributed by atoms with Gasteiger partial charge in [0.05, 0.1) is 14.2 Å². The molecule has 0 fully saturated rings. The number of carboxylic acid groups (broad SMARTS) is 1. The number of carboxylic acids is 1. The van der Waals surface area contributed by atoms with Crippen LogP contribution in [-0.4, -0.2) is 25.3 Å². The topological polar surface area (TPSA) is 55.8 Å². The first kappa shape index (κ1) is 14.8. The molecule has 0 aliphatic rings. The minimum absolute atomic E-state index is 0.0716. The number of aromatic carboxylic acids is 1. The van der Waals surface area contributed by atoms with E-state index in [1.165, 1.54) is 14.2 Å². The third-order valence-electron chi connectivity index (χ3n) is 2.62. The smallest absolute Gasteiger partial charge is 0.340 e. The van der Waals surface area contributed by atoms with E-state index in [1.807, 2.05) is 20.8 Å². The van der Waals surface area contributed by atoms with E-state index in [0.29, 0.717) is 10.2 Å². The predicted molar refractivity (Wildman–Crippen MR) is 72.9 cm³/mol. The Balaban J connectivity index is 3.71. The van der Waals surface area contributed by atoms with E-state index in [9.17, 15) is 9.90 Å². The van der Waals surface area contributed by atoms with Crippen molar-refractivity contribution in [1.29, 1.82) is 0 Å². The summed E-state index contributed by atoms with van der Waals surface area (Å²) in [4.78, 5) is 11.3. The molecule has 0 saturated heterocycles. The number of carbonyl (C=O) groups is 1. The molecule has 0 heterocycles. The molecular weight excluding hydrogens is 300 g/mol. The summed E-state index contributed by atoms with van der Waals surface area (Å²) in [5.74, 6) is -0.354. The van der Waals surface area contributed by atoms with Gasteiger partial charge in [-0.05, 0) is 27.4 Å². The lowest BCUT2D eigenvalue weighted by atomic mass is 9.85. The van der Waals surface area contributed by atoms with Crippen LogP contribution in [0, 0.1) is 0 Å². The van der Waals surface area contributed by atoms with Crippen molar-refractivity contribution < 1.29 is 19.4 Å². The highest BCUT2D eigenvalue weighted by molar-refractivity contribution is 9.10. The summed E-state index contributed by atoms with van der Waals surface area (Å²) in [5.41, 5.74) is 0.777. The molecule has 4 nitrogen and oxygen atoms in total. The molecule has 1 rings (SSSR count). The molecule has 0 atom stereocenters. The molecule has 1 N–H and O–H groups in total. The van der Waals surface area contributed by atoms with E-state index in [2.05, 4.69) is 15.9 Å². The van der Waals surface area contributed by atoms with E-state index < -0.39 is 5.97 Å². The van der Waals surface area contributed by atoms with Crippen molar-refractivity contribution >= 4 is 21.9 Å². The van der Waals surface area contributed by atoms with Crippen molar-refractivity contribution in [1.82, 2.24) is 0 Å². The van der Waals surface area contributed by atoms with Crippen molar-refractivity contribution in [2.45, 2.75) is 26.2 Å². The lowest BCUT2D eigenvalue weighted by Crippen LogP contribution is -2.15. The van der Waals surface area contributed by atoms with Crippen molar-refractivity contribution in [2.24, 2.45) is 0 Å². The fourth-order valence-electron chi connectivity index (χ4n) is 1.76. The highest BCUT2D eigenvalue weighted by Crippen LogP contribution is 2.44. The average molecular weight is 317 g/mol. The van der Waals surface area contributed by atoms with Crippen LogP contribution in [0.25, 0.3) is 0 Å². The van der Waals surface area contributed by atoms with Crippen molar-refractivity contribution in [3.05, 3.63) is 21.7 Å². The van der Waals surface area contributed by atoms with Gasteiger partial charge in [-0.1, -0.05) is 20.8 Å². The Morgan fingerprint density at radius 3 is 2.06 bits per heavy atom. The maximum atomic E-state index is 11.3. The summed E-state index contributed by atoms with van der Waals surface area (Å²) < 4.78 is 11.0. The zero-order valence-corrected chi connectivity index (χ0v) is 12.7. The van der Waals surface area contributed by atoms with Crippen LogP contribution in [-0.2, 0) is 5.41 Å². The van der Waals surface area contributed by atoms with Crippen molar-refractivity contribution in [3.63, 3.8) is 0 Å². The number of hydrogen-bond donors (Lipinski definition) is 1. The Morgan fingerprint density at radius 1 is 1.22 bits per heavy atom. The molecule has 1 aromatic carbocycles. The quantitative estimate of drug-likeness (QED) is 0.927. The molecule has 0 aromatic heterocycles. The van der Waals surface area contributed by atoms with Crippen LogP contribution < -0.4 is 9.47 Å². The van der Waals surface area contributed by atoms with Gasteiger partial charge < -0.3 is 14.6 Å². The second-order valence-corrected chi connectivity index (χ2v) is 5.76. The Kier molecular flexibility index (Phi) is 4.27. The monoisotopic (exact) mass is 316 g/mol. The molecule has 18 heavy (non-hydrogen) atoms. The van der Waals surface area contributed by atoms with E-state index in [0.717, 1.165) is 5.56 Å². The molecule has 0 saturated carbocycles. The first-order chi connectivity index (χ1) is 8.23. The van der Waals surface area contributed by atoms with Crippen LogP contribution in [0.5, 0.6) is 11.5 Å². The fraction of sp³-hybridized carbons (Fsp3) is 0.462. The Labute approximate surface area is 115 Å². The summed E-state index contributed by atoms with van der Waals surface area (Å²) >= 11 is 3.28. The SMILES string of the molecule is COc1c(C(C)(C)C)cc(Br)c(C(=O)O)c1OC. The van der Waals surface area contributed by atoms with Gasteiger partial charge in [-0.25, -0.2) is 4.79 Å². The Hall–Kier alpha value is -1.23. The summed E-state index contributed by atoms with van der Waals surface area (Å²) in [6.07, 6.45) is 0. The second-order valence-electron chi connectivity index (χ2n) is 4.90. The molecule has 0 aliphatic carbocycles. The lowest BCUT2D eigenvalue weighted by Gasteiger charge is -2.25.